The Morgan fingerprint density at radius 2 is 1.58 bits per heavy atom. The molecule has 1 N–H and O–H groups in total. The van der Waals surface area contributed by atoms with Gasteiger partial charge in [0.05, 0.1) is 17.7 Å². The maximum atomic E-state index is 12.8. The zero-order valence-electron chi connectivity index (χ0n) is 15.9. The quantitative estimate of drug-likeness (QED) is 0.185. The van der Waals surface area contributed by atoms with Gasteiger partial charge in [-0.3, -0.25) is 0 Å². The highest BCUT2D eigenvalue weighted by Crippen LogP contribution is 2.38. The van der Waals surface area contributed by atoms with Crippen LogP contribution in [0.15, 0.2) is 55.1 Å². The summed E-state index contributed by atoms with van der Waals surface area (Å²) >= 11 is 0. The maximum Gasteiger partial charge on any atom is 0.453 e. The van der Waals surface area contributed by atoms with E-state index in [4.69, 9.17) is 14.6 Å². The summed E-state index contributed by atoms with van der Waals surface area (Å²) in [4.78, 5) is 23.4. The molecule has 0 radical (unpaired) electrons. The number of benzene rings is 2. The third-order valence-electron chi connectivity index (χ3n) is 4.08. The number of aliphatic carboxylic acids is 1. The van der Waals surface area contributed by atoms with Crippen molar-refractivity contribution in [2.24, 2.45) is 0 Å². The van der Waals surface area contributed by atoms with Crippen LogP contribution in [0, 0.1) is 0 Å². The highest BCUT2D eigenvalue weighted by molar-refractivity contribution is 6.15. The summed E-state index contributed by atoms with van der Waals surface area (Å²) in [5.74, 6) is -6.72. The van der Waals surface area contributed by atoms with E-state index in [-0.39, 0.29) is 34.8 Å². The van der Waals surface area contributed by atoms with Gasteiger partial charge in [0.25, 0.3) is 0 Å². The lowest BCUT2D eigenvalue weighted by atomic mass is 10.1. The average Bonchev–Trinajstić information content (AvgIpc) is 2.70. The average molecular weight is 444 g/mol. The molecule has 0 spiro atoms. The third kappa shape index (κ3) is 6.27. The molecule has 31 heavy (non-hydrogen) atoms. The van der Waals surface area contributed by atoms with Gasteiger partial charge in [-0.2, -0.15) is 22.0 Å². The van der Waals surface area contributed by atoms with Crippen molar-refractivity contribution in [3.63, 3.8) is 0 Å². The molecular formula is C21H17F5O5. The van der Waals surface area contributed by atoms with E-state index in [1.807, 2.05) is 0 Å². The molecule has 0 amide bonds. The molecule has 0 fully saturated rings. The number of ether oxygens (including phenoxy) is 2. The van der Waals surface area contributed by atoms with E-state index in [0.717, 1.165) is 0 Å². The highest BCUT2D eigenvalue weighted by atomic mass is 19.4. The van der Waals surface area contributed by atoms with Gasteiger partial charge in [-0.05, 0) is 36.8 Å². The van der Waals surface area contributed by atoms with Crippen molar-refractivity contribution in [2.45, 2.75) is 24.9 Å². The van der Waals surface area contributed by atoms with Crippen LogP contribution in [0.2, 0.25) is 0 Å². The molecule has 0 heterocycles. The lowest BCUT2D eigenvalue weighted by Crippen LogP contribution is -2.36. The van der Waals surface area contributed by atoms with Gasteiger partial charge in [0.15, 0.2) is 0 Å². The highest BCUT2D eigenvalue weighted by Gasteiger charge is 2.56. The smallest absolute Gasteiger partial charge is 0.453 e. The molecule has 0 saturated carbocycles. The summed E-state index contributed by atoms with van der Waals surface area (Å²) in [6, 6.07) is 11.2. The predicted octanol–water partition coefficient (Wildman–Crippen LogP) is 5.36. The van der Waals surface area contributed by atoms with Gasteiger partial charge in [-0.15, -0.1) is 0 Å². The Balaban J connectivity index is 1.95. The van der Waals surface area contributed by atoms with E-state index < -0.39 is 36.9 Å². The van der Waals surface area contributed by atoms with E-state index >= 15 is 0 Å². The van der Waals surface area contributed by atoms with Crippen molar-refractivity contribution >= 4 is 17.5 Å². The second kappa shape index (κ2) is 9.59. The van der Waals surface area contributed by atoms with Crippen molar-refractivity contribution in [3.05, 3.63) is 66.2 Å². The third-order valence-corrected chi connectivity index (χ3v) is 4.08. The molecule has 0 aromatic heterocycles. The van der Waals surface area contributed by atoms with Crippen molar-refractivity contribution in [2.75, 3.05) is 6.61 Å². The number of alkyl halides is 5. The fraction of sp³-hybridized carbons (Fsp3) is 0.238. The molecule has 2 rings (SSSR count). The van der Waals surface area contributed by atoms with E-state index in [1.54, 1.807) is 12.1 Å². The summed E-state index contributed by atoms with van der Waals surface area (Å²) in [6.45, 7) is 3.05. The molecule has 0 saturated heterocycles. The number of carboxylic acid groups (broad SMARTS) is 1. The van der Waals surface area contributed by atoms with Crippen molar-refractivity contribution in [1.29, 1.82) is 0 Å². The Bertz CT molecular complexity index is 951. The van der Waals surface area contributed by atoms with Crippen LogP contribution in [0.5, 0.6) is 11.5 Å². The maximum absolute atomic E-state index is 12.8. The van der Waals surface area contributed by atoms with Crippen molar-refractivity contribution in [3.8, 4) is 11.5 Å². The fourth-order valence-electron chi connectivity index (χ4n) is 2.39. The summed E-state index contributed by atoms with van der Waals surface area (Å²) in [5.41, 5.74) is -0.0612. The monoisotopic (exact) mass is 444 g/mol. The summed E-state index contributed by atoms with van der Waals surface area (Å²) < 4.78 is 72.3. The minimum absolute atomic E-state index is 0.00850. The van der Waals surface area contributed by atoms with Gasteiger partial charge in [0.1, 0.15) is 11.5 Å². The van der Waals surface area contributed by atoms with Gasteiger partial charge in [0.2, 0.25) is 0 Å². The second-order valence-corrected chi connectivity index (χ2v) is 6.35. The van der Waals surface area contributed by atoms with Crippen molar-refractivity contribution < 1.29 is 46.1 Å². The molecule has 0 aliphatic rings. The lowest BCUT2D eigenvalue weighted by Gasteiger charge is -2.19. The Labute approximate surface area is 173 Å². The number of hydrogen-bond donors (Lipinski definition) is 1. The van der Waals surface area contributed by atoms with Gasteiger partial charge >= 0.3 is 24.0 Å². The largest absolute Gasteiger partial charge is 0.494 e. The molecule has 0 bridgehead atoms. The van der Waals surface area contributed by atoms with E-state index in [2.05, 4.69) is 6.58 Å². The number of carbonyl (C=O) groups excluding carboxylic acids is 1. The molecule has 0 atom stereocenters. The number of para-hydroxylation sites is 1. The second-order valence-electron chi connectivity index (χ2n) is 6.35. The first-order valence-electron chi connectivity index (χ1n) is 8.83. The number of esters is 1. The van der Waals surface area contributed by atoms with Crippen LogP contribution in [0.4, 0.5) is 22.0 Å². The van der Waals surface area contributed by atoms with Crippen LogP contribution in [-0.2, 0) is 4.79 Å². The summed E-state index contributed by atoms with van der Waals surface area (Å²) in [5, 5.41) is 9.06. The number of halogens is 5. The normalized spacial score (nSPS) is 11.6. The van der Waals surface area contributed by atoms with Crippen molar-refractivity contribution in [1.82, 2.24) is 0 Å². The number of carboxylic acids is 1. The van der Waals surface area contributed by atoms with Gasteiger partial charge in [-0.25, -0.2) is 9.59 Å². The van der Waals surface area contributed by atoms with Crippen LogP contribution in [0.3, 0.4) is 0 Å². The molecule has 2 aromatic rings. The molecule has 0 aliphatic carbocycles. The molecule has 0 unspecified atom stereocenters. The zero-order chi connectivity index (χ0) is 23.2. The summed E-state index contributed by atoms with van der Waals surface area (Å²) in [7, 11) is 0. The molecule has 2 aromatic carbocycles. The Morgan fingerprint density at radius 3 is 2.16 bits per heavy atom. The first kappa shape index (κ1) is 23.8. The first-order valence-corrected chi connectivity index (χ1v) is 8.83. The lowest BCUT2D eigenvalue weighted by molar-refractivity contribution is -0.284. The van der Waals surface area contributed by atoms with Gasteiger partial charge in [-0.1, -0.05) is 24.8 Å². The number of hydrogen-bond acceptors (Lipinski definition) is 4. The Hall–Kier alpha value is -3.43. The van der Waals surface area contributed by atoms with Crippen LogP contribution in [0.1, 0.15) is 28.8 Å². The summed E-state index contributed by atoms with van der Waals surface area (Å²) in [6.07, 6.45) is -7.53. The van der Waals surface area contributed by atoms with E-state index in [0.29, 0.717) is 0 Å². The Morgan fingerprint density at radius 1 is 0.968 bits per heavy atom. The SMILES string of the molecule is C=C(C(=O)O)c1ccccc1OC(=O)c1ccc(OCCCC(F)(F)C(F)(F)F)cc1. The fourth-order valence-corrected chi connectivity index (χ4v) is 2.39. The molecule has 166 valence electrons. The van der Waals surface area contributed by atoms with Gasteiger partial charge in [0, 0.05) is 12.0 Å². The Kier molecular flexibility index (Phi) is 7.37. The first-order chi connectivity index (χ1) is 14.4. The van der Waals surface area contributed by atoms with E-state index in [1.165, 1.54) is 36.4 Å². The topological polar surface area (TPSA) is 72.8 Å². The number of carbonyl (C=O) groups is 2. The van der Waals surface area contributed by atoms with Crippen LogP contribution in [-0.4, -0.2) is 35.8 Å². The van der Waals surface area contributed by atoms with Crippen LogP contribution in [0.25, 0.3) is 5.57 Å². The van der Waals surface area contributed by atoms with Crippen LogP contribution < -0.4 is 9.47 Å². The molecule has 5 nitrogen and oxygen atoms in total. The van der Waals surface area contributed by atoms with Gasteiger partial charge < -0.3 is 14.6 Å². The minimum Gasteiger partial charge on any atom is -0.494 e. The van der Waals surface area contributed by atoms with Crippen LogP contribution >= 0.6 is 0 Å². The molecule has 10 heteroatoms. The number of rotatable bonds is 9. The zero-order valence-corrected chi connectivity index (χ0v) is 15.9. The standard InChI is InChI=1S/C21H17F5O5/c1-13(18(27)28)16-5-2-3-6-17(16)31-19(29)14-7-9-15(10-8-14)30-12-4-11-20(22,23)21(24,25)26/h2-3,5-10H,1,4,11-12H2,(H,27,28). The van der Waals surface area contributed by atoms with E-state index in [9.17, 15) is 31.5 Å². The molecule has 0 aliphatic heterocycles. The molecular weight excluding hydrogens is 427 g/mol. The minimum atomic E-state index is -5.61. The predicted molar refractivity (Wildman–Crippen MR) is 100 cm³/mol.